The molecule has 1 saturated heterocycles. The topological polar surface area (TPSA) is 45.5 Å². The molecule has 0 atom stereocenters. The number of nitrogens with one attached hydrogen (secondary N) is 1. The van der Waals surface area contributed by atoms with Crippen molar-refractivity contribution in [3.63, 3.8) is 0 Å². The Morgan fingerprint density at radius 2 is 1.96 bits per heavy atom. The Bertz CT molecular complexity index is 793. The Labute approximate surface area is 162 Å². The predicted molar refractivity (Wildman–Crippen MR) is 101 cm³/mol. The van der Waals surface area contributed by atoms with Crippen molar-refractivity contribution in [1.82, 2.24) is 10.2 Å². The van der Waals surface area contributed by atoms with E-state index >= 15 is 0 Å². The Morgan fingerprint density at radius 1 is 1.21 bits per heavy atom. The summed E-state index contributed by atoms with van der Waals surface area (Å²) in [6, 6.07) is 8.00. The molecule has 1 N–H and O–H groups in total. The van der Waals surface area contributed by atoms with Gasteiger partial charge in [0, 0.05) is 24.7 Å². The van der Waals surface area contributed by atoms with Gasteiger partial charge in [-0.25, -0.2) is 0 Å². The van der Waals surface area contributed by atoms with Gasteiger partial charge in [0.1, 0.15) is 5.76 Å². The maximum atomic E-state index is 12.9. The number of hydrogen-bond donors (Lipinski definition) is 1. The number of amides is 1. The molecular weight excluding hydrogens is 369 g/mol. The molecule has 1 amide bonds. The highest BCUT2D eigenvalue weighted by Gasteiger charge is 2.30. The number of nitrogens with zero attached hydrogens (tertiary/aromatic N) is 1. The third-order valence-electron chi connectivity index (χ3n) is 5.05. The molecule has 2 aromatic rings. The van der Waals surface area contributed by atoms with Crippen LogP contribution in [0.4, 0.5) is 13.2 Å². The van der Waals surface area contributed by atoms with Crippen molar-refractivity contribution in [2.75, 3.05) is 19.6 Å². The Kier molecular flexibility index (Phi) is 6.44. The van der Waals surface area contributed by atoms with E-state index in [0.29, 0.717) is 0 Å². The van der Waals surface area contributed by atoms with Crippen molar-refractivity contribution in [3.8, 4) is 11.3 Å². The van der Waals surface area contributed by atoms with Gasteiger partial charge in [-0.2, -0.15) is 13.2 Å². The van der Waals surface area contributed by atoms with Crippen LogP contribution in [0.15, 0.2) is 40.8 Å². The maximum absolute atomic E-state index is 12.9. The minimum atomic E-state index is -4.42. The summed E-state index contributed by atoms with van der Waals surface area (Å²) >= 11 is 0. The van der Waals surface area contributed by atoms with Gasteiger partial charge < -0.3 is 14.6 Å². The molecule has 1 aromatic carbocycles. The molecule has 152 valence electrons. The molecular formula is C21H25F3N2O2. The second-order valence-electron chi connectivity index (χ2n) is 7.19. The van der Waals surface area contributed by atoms with E-state index in [-0.39, 0.29) is 29.0 Å². The normalized spacial score (nSPS) is 16.3. The fraction of sp³-hybridized carbons (Fsp3) is 0.476. The van der Waals surface area contributed by atoms with Crippen molar-refractivity contribution in [1.29, 1.82) is 0 Å². The lowest BCUT2D eigenvalue weighted by Crippen LogP contribution is -2.44. The van der Waals surface area contributed by atoms with E-state index in [1.807, 2.05) is 0 Å². The van der Waals surface area contributed by atoms with Gasteiger partial charge >= 0.3 is 6.18 Å². The van der Waals surface area contributed by atoms with E-state index in [1.54, 1.807) is 0 Å². The lowest BCUT2D eigenvalue weighted by atomic mass is 10.0. The second-order valence-corrected chi connectivity index (χ2v) is 7.19. The van der Waals surface area contributed by atoms with Gasteiger partial charge in [-0.1, -0.05) is 25.5 Å². The molecule has 2 heterocycles. The Morgan fingerprint density at radius 3 is 2.64 bits per heavy atom. The fourth-order valence-electron chi connectivity index (χ4n) is 3.40. The van der Waals surface area contributed by atoms with Gasteiger partial charge in [0.25, 0.3) is 5.91 Å². The van der Waals surface area contributed by atoms with Crippen LogP contribution in [-0.2, 0) is 6.18 Å². The molecule has 7 heteroatoms. The molecule has 4 nitrogen and oxygen atoms in total. The number of halogens is 3. The number of carbonyl (C=O) groups is 1. The first-order valence-corrected chi connectivity index (χ1v) is 9.67. The van der Waals surface area contributed by atoms with Crippen LogP contribution in [0, 0.1) is 0 Å². The zero-order chi connectivity index (χ0) is 20.1. The van der Waals surface area contributed by atoms with E-state index in [4.69, 9.17) is 4.42 Å². The first-order valence-electron chi connectivity index (χ1n) is 9.67. The average Bonchev–Trinajstić information content (AvgIpc) is 3.17. The van der Waals surface area contributed by atoms with Crippen LogP contribution in [0.25, 0.3) is 11.3 Å². The molecule has 0 unspecified atom stereocenters. The summed E-state index contributed by atoms with van der Waals surface area (Å²) < 4.78 is 44.2. The van der Waals surface area contributed by atoms with E-state index in [1.165, 1.54) is 37.1 Å². The van der Waals surface area contributed by atoms with Crippen molar-refractivity contribution < 1.29 is 22.4 Å². The molecule has 1 aliphatic heterocycles. The van der Waals surface area contributed by atoms with Crippen LogP contribution in [0.2, 0.25) is 0 Å². The highest BCUT2D eigenvalue weighted by atomic mass is 19.4. The zero-order valence-corrected chi connectivity index (χ0v) is 15.9. The number of furan rings is 1. The largest absolute Gasteiger partial charge is 0.451 e. The number of benzene rings is 1. The first-order chi connectivity index (χ1) is 13.4. The third kappa shape index (κ3) is 5.16. The molecule has 28 heavy (non-hydrogen) atoms. The summed E-state index contributed by atoms with van der Waals surface area (Å²) in [6.07, 6.45) is -0.298. The summed E-state index contributed by atoms with van der Waals surface area (Å²) in [5.74, 6) is 0.0247. The SMILES string of the molecule is CCCCN1CCC(NC(=O)c2ccc(-c3cccc(C(F)(F)F)c3)o2)CC1. The predicted octanol–water partition coefficient (Wildman–Crippen LogP) is 4.96. The fourth-order valence-corrected chi connectivity index (χ4v) is 3.40. The summed E-state index contributed by atoms with van der Waals surface area (Å²) in [5.41, 5.74) is -0.458. The summed E-state index contributed by atoms with van der Waals surface area (Å²) in [7, 11) is 0. The van der Waals surface area contributed by atoms with Crippen molar-refractivity contribution in [2.24, 2.45) is 0 Å². The molecule has 1 aromatic heterocycles. The van der Waals surface area contributed by atoms with Crippen LogP contribution in [0.1, 0.15) is 48.7 Å². The van der Waals surface area contributed by atoms with Gasteiger partial charge in [0.05, 0.1) is 5.56 Å². The van der Waals surface area contributed by atoms with Crippen LogP contribution in [0.5, 0.6) is 0 Å². The number of piperidine rings is 1. The quantitative estimate of drug-likeness (QED) is 0.753. The lowest BCUT2D eigenvalue weighted by Gasteiger charge is -2.32. The number of hydrogen-bond acceptors (Lipinski definition) is 3. The number of alkyl halides is 3. The molecule has 0 radical (unpaired) electrons. The minimum absolute atomic E-state index is 0.0903. The standard InChI is InChI=1S/C21H25F3N2O2/c1-2-3-11-26-12-9-17(10-13-26)25-20(27)19-8-7-18(28-19)15-5-4-6-16(14-15)21(22,23)24/h4-8,14,17H,2-3,9-13H2,1H3,(H,25,27). The number of carbonyl (C=O) groups excluding carboxylic acids is 1. The molecule has 1 fully saturated rings. The van der Waals surface area contributed by atoms with E-state index in [0.717, 1.165) is 44.6 Å². The van der Waals surface area contributed by atoms with Crippen molar-refractivity contribution >= 4 is 5.91 Å². The average molecular weight is 394 g/mol. The minimum Gasteiger partial charge on any atom is -0.451 e. The van der Waals surface area contributed by atoms with Crippen LogP contribution < -0.4 is 5.32 Å². The smallest absolute Gasteiger partial charge is 0.416 e. The van der Waals surface area contributed by atoms with Crippen molar-refractivity contribution in [2.45, 2.75) is 44.8 Å². The lowest BCUT2D eigenvalue weighted by molar-refractivity contribution is -0.137. The maximum Gasteiger partial charge on any atom is 0.416 e. The van der Waals surface area contributed by atoms with Gasteiger partial charge in [-0.05, 0) is 50.1 Å². The Balaban J connectivity index is 1.59. The Hall–Kier alpha value is -2.28. The van der Waals surface area contributed by atoms with Crippen LogP contribution >= 0.6 is 0 Å². The highest BCUT2D eigenvalue weighted by molar-refractivity contribution is 5.92. The van der Waals surface area contributed by atoms with Crippen LogP contribution in [0.3, 0.4) is 0 Å². The molecule has 0 spiro atoms. The number of likely N-dealkylation sites (tertiary alicyclic amines) is 1. The monoisotopic (exact) mass is 394 g/mol. The van der Waals surface area contributed by atoms with Gasteiger partial charge in [-0.3, -0.25) is 4.79 Å². The highest BCUT2D eigenvalue weighted by Crippen LogP contribution is 2.32. The molecule has 1 aliphatic rings. The van der Waals surface area contributed by atoms with Gasteiger partial charge in [-0.15, -0.1) is 0 Å². The first kappa shape index (κ1) is 20.5. The van der Waals surface area contributed by atoms with E-state index in [9.17, 15) is 18.0 Å². The van der Waals surface area contributed by atoms with E-state index in [2.05, 4.69) is 17.1 Å². The van der Waals surface area contributed by atoms with Crippen molar-refractivity contribution in [3.05, 3.63) is 47.7 Å². The molecule has 0 saturated carbocycles. The zero-order valence-electron chi connectivity index (χ0n) is 15.9. The number of rotatable bonds is 6. The molecule has 0 bridgehead atoms. The second kappa shape index (κ2) is 8.82. The van der Waals surface area contributed by atoms with Gasteiger partial charge in [0.2, 0.25) is 0 Å². The molecule has 3 rings (SSSR count). The molecule has 0 aliphatic carbocycles. The van der Waals surface area contributed by atoms with Crippen LogP contribution in [-0.4, -0.2) is 36.5 Å². The summed E-state index contributed by atoms with van der Waals surface area (Å²) in [5, 5.41) is 2.97. The summed E-state index contributed by atoms with van der Waals surface area (Å²) in [4.78, 5) is 14.8. The summed E-state index contributed by atoms with van der Waals surface area (Å²) in [6.45, 7) is 5.18. The third-order valence-corrected chi connectivity index (χ3v) is 5.05. The number of unbranched alkanes of at least 4 members (excludes halogenated alkanes) is 1. The van der Waals surface area contributed by atoms with Gasteiger partial charge in [0.15, 0.2) is 5.76 Å². The van der Waals surface area contributed by atoms with E-state index < -0.39 is 11.7 Å².